The SMILES string of the molecule is CC(O)C(O)C(O)C(N)CO. The Hall–Kier alpha value is -0.200. The summed E-state index contributed by atoms with van der Waals surface area (Å²) in [6, 6.07) is -0.917. The standard InChI is InChI=1S/C6H15NO4/c1-3(9)5(10)6(11)4(7)2-8/h3-6,8-11H,2,7H2,1H3. The Bertz CT molecular complexity index is 109. The van der Waals surface area contributed by atoms with E-state index in [1.807, 2.05) is 0 Å². The van der Waals surface area contributed by atoms with Crippen molar-refractivity contribution < 1.29 is 20.4 Å². The van der Waals surface area contributed by atoms with E-state index in [-0.39, 0.29) is 0 Å². The van der Waals surface area contributed by atoms with Gasteiger partial charge in [0.1, 0.15) is 6.10 Å². The monoisotopic (exact) mass is 165 g/mol. The third kappa shape index (κ3) is 3.13. The molecule has 0 aliphatic carbocycles. The predicted octanol–water partition coefficient (Wildman–Crippen LogP) is -2.59. The third-order valence-corrected chi connectivity index (χ3v) is 1.49. The van der Waals surface area contributed by atoms with E-state index in [1.165, 1.54) is 6.92 Å². The Morgan fingerprint density at radius 1 is 1.18 bits per heavy atom. The highest BCUT2D eigenvalue weighted by Gasteiger charge is 2.26. The van der Waals surface area contributed by atoms with Gasteiger partial charge in [0.25, 0.3) is 0 Å². The fourth-order valence-electron chi connectivity index (χ4n) is 0.647. The van der Waals surface area contributed by atoms with Crippen molar-refractivity contribution in [2.24, 2.45) is 5.73 Å². The average molecular weight is 165 g/mol. The van der Waals surface area contributed by atoms with Crippen LogP contribution in [-0.2, 0) is 0 Å². The molecule has 5 heteroatoms. The fourth-order valence-corrected chi connectivity index (χ4v) is 0.647. The first-order valence-electron chi connectivity index (χ1n) is 3.41. The molecule has 0 aliphatic rings. The first kappa shape index (κ1) is 10.8. The summed E-state index contributed by atoms with van der Waals surface area (Å²) in [5.74, 6) is 0. The molecule has 0 radical (unpaired) electrons. The van der Waals surface area contributed by atoms with Gasteiger partial charge in [0.15, 0.2) is 0 Å². The van der Waals surface area contributed by atoms with Crippen LogP contribution in [0.4, 0.5) is 0 Å². The molecule has 0 rings (SSSR count). The highest BCUT2D eigenvalue weighted by molar-refractivity contribution is 4.80. The summed E-state index contributed by atoms with van der Waals surface area (Å²) in [4.78, 5) is 0. The van der Waals surface area contributed by atoms with Crippen molar-refractivity contribution in [3.8, 4) is 0 Å². The normalized spacial score (nSPS) is 22.4. The van der Waals surface area contributed by atoms with E-state index < -0.39 is 31.0 Å². The first-order valence-corrected chi connectivity index (χ1v) is 3.41. The van der Waals surface area contributed by atoms with Gasteiger partial charge in [0.2, 0.25) is 0 Å². The zero-order chi connectivity index (χ0) is 9.02. The number of rotatable bonds is 4. The van der Waals surface area contributed by atoms with E-state index in [4.69, 9.17) is 26.2 Å². The molecule has 0 fully saturated rings. The van der Waals surface area contributed by atoms with Crippen molar-refractivity contribution in [1.29, 1.82) is 0 Å². The van der Waals surface area contributed by atoms with Gasteiger partial charge >= 0.3 is 0 Å². The van der Waals surface area contributed by atoms with Gasteiger partial charge in [0, 0.05) is 0 Å². The second-order valence-corrected chi connectivity index (χ2v) is 2.57. The van der Waals surface area contributed by atoms with Gasteiger partial charge < -0.3 is 26.2 Å². The smallest absolute Gasteiger partial charge is 0.107 e. The maximum atomic E-state index is 9.06. The Morgan fingerprint density at radius 2 is 1.64 bits per heavy atom. The van der Waals surface area contributed by atoms with Crippen LogP contribution in [0.15, 0.2) is 0 Å². The molecular formula is C6H15NO4. The molecule has 0 heterocycles. The summed E-state index contributed by atoms with van der Waals surface area (Å²) < 4.78 is 0. The summed E-state index contributed by atoms with van der Waals surface area (Å²) >= 11 is 0. The van der Waals surface area contributed by atoms with Gasteiger partial charge in [-0.05, 0) is 6.92 Å². The van der Waals surface area contributed by atoms with Crippen molar-refractivity contribution in [3.05, 3.63) is 0 Å². The zero-order valence-corrected chi connectivity index (χ0v) is 6.38. The van der Waals surface area contributed by atoms with E-state index in [1.54, 1.807) is 0 Å². The Labute approximate surface area is 65.1 Å². The molecule has 0 amide bonds. The van der Waals surface area contributed by atoms with Crippen molar-refractivity contribution in [3.63, 3.8) is 0 Å². The van der Waals surface area contributed by atoms with Gasteiger partial charge in [-0.3, -0.25) is 0 Å². The Balaban J connectivity index is 3.90. The molecule has 0 aromatic rings. The summed E-state index contributed by atoms with van der Waals surface area (Å²) in [6.45, 7) is 0.906. The minimum atomic E-state index is -1.31. The highest BCUT2D eigenvalue weighted by atomic mass is 16.4. The minimum absolute atomic E-state index is 0.426. The molecule has 0 aliphatic heterocycles. The topological polar surface area (TPSA) is 107 Å². The van der Waals surface area contributed by atoms with E-state index in [0.29, 0.717) is 0 Å². The lowest BCUT2D eigenvalue weighted by Crippen LogP contribution is -2.49. The zero-order valence-electron chi connectivity index (χ0n) is 6.38. The number of hydrogen-bond donors (Lipinski definition) is 5. The van der Waals surface area contributed by atoms with Crippen LogP contribution in [0.1, 0.15) is 6.92 Å². The van der Waals surface area contributed by atoms with E-state index in [0.717, 1.165) is 0 Å². The molecule has 11 heavy (non-hydrogen) atoms. The molecule has 6 N–H and O–H groups in total. The van der Waals surface area contributed by atoms with Crippen molar-refractivity contribution in [1.82, 2.24) is 0 Å². The largest absolute Gasteiger partial charge is 0.395 e. The summed E-state index contributed by atoms with van der Waals surface area (Å²) in [5, 5.41) is 35.3. The highest BCUT2D eigenvalue weighted by Crippen LogP contribution is 2.02. The molecule has 0 bridgehead atoms. The summed E-state index contributed by atoms with van der Waals surface area (Å²) in [7, 11) is 0. The number of aliphatic hydroxyl groups excluding tert-OH is 4. The van der Waals surface area contributed by atoms with Crippen molar-refractivity contribution in [2.75, 3.05) is 6.61 Å². The molecule has 4 unspecified atom stereocenters. The van der Waals surface area contributed by atoms with E-state index >= 15 is 0 Å². The Kier molecular flexibility index (Phi) is 4.55. The van der Waals surface area contributed by atoms with Crippen LogP contribution in [-0.4, -0.2) is 51.4 Å². The average Bonchev–Trinajstić information content (AvgIpc) is 2.00. The van der Waals surface area contributed by atoms with Gasteiger partial charge in [-0.2, -0.15) is 0 Å². The maximum absolute atomic E-state index is 9.06. The van der Waals surface area contributed by atoms with Crippen LogP contribution in [0, 0.1) is 0 Å². The summed E-state index contributed by atoms with van der Waals surface area (Å²) in [6.07, 6.45) is -3.65. The molecule has 0 aromatic carbocycles. The van der Waals surface area contributed by atoms with Crippen LogP contribution in [0.2, 0.25) is 0 Å². The lowest BCUT2D eigenvalue weighted by molar-refractivity contribution is -0.0661. The molecule has 5 nitrogen and oxygen atoms in total. The van der Waals surface area contributed by atoms with Gasteiger partial charge in [-0.25, -0.2) is 0 Å². The Morgan fingerprint density at radius 3 is 1.91 bits per heavy atom. The first-order chi connectivity index (χ1) is 5.00. The number of nitrogens with two attached hydrogens (primary N) is 1. The molecular weight excluding hydrogens is 150 g/mol. The lowest BCUT2D eigenvalue weighted by atomic mass is 10.0. The van der Waals surface area contributed by atoms with E-state index in [9.17, 15) is 0 Å². The van der Waals surface area contributed by atoms with Crippen molar-refractivity contribution in [2.45, 2.75) is 31.3 Å². The molecule has 4 atom stereocenters. The molecule has 0 spiro atoms. The lowest BCUT2D eigenvalue weighted by Gasteiger charge is -2.23. The minimum Gasteiger partial charge on any atom is -0.395 e. The van der Waals surface area contributed by atoms with Crippen LogP contribution in [0.25, 0.3) is 0 Å². The van der Waals surface area contributed by atoms with Crippen LogP contribution in [0.3, 0.4) is 0 Å². The predicted molar refractivity (Wildman–Crippen MR) is 38.8 cm³/mol. The number of hydrogen-bond acceptors (Lipinski definition) is 5. The summed E-state index contributed by atoms with van der Waals surface area (Å²) in [5.41, 5.74) is 5.18. The molecule has 0 saturated heterocycles. The quantitative estimate of drug-likeness (QED) is 0.314. The van der Waals surface area contributed by atoms with Crippen LogP contribution in [0.5, 0.6) is 0 Å². The van der Waals surface area contributed by atoms with Gasteiger partial charge in [0.05, 0.1) is 24.9 Å². The van der Waals surface area contributed by atoms with Gasteiger partial charge in [-0.1, -0.05) is 0 Å². The van der Waals surface area contributed by atoms with Crippen LogP contribution < -0.4 is 5.73 Å². The molecule has 0 aromatic heterocycles. The second kappa shape index (κ2) is 4.63. The fraction of sp³-hybridized carbons (Fsp3) is 1.00. The maximum Gasteiger partial charge on any atom is 0.107 e. The number of aliphatic hydroxyl groups is 4. The molecule has 0 saturated carbocycles. The van der Waals surface area contributed by atoms with Crippen LogP contribution >= 0.6 is 0 Å². The van der Waals surface area contributed by atoms with Crippen molar-refractivity contribution >= 4 is 0 Å². The third-order valence-electron chi connectivity index (χ3n) is 1.49. The van der Waals surface area contributed by atoms with Gasteiger partial charge in [-0.15, -0.1) is 0 Å². The second-order valence-electron chi connectivity index (χ2n) is 2.57. The van der Waals surface area contributed by atoms with E-state index in [2.05, 4.69) is 0 Å². The molecule has 68 valence electrons.